The average Bonchev–Trinajstić information content (AvgIpc) is 3.46. The fourth-order valence-corrected chi connectivity index (χ4v) is 4.45. The van der Waals surface area contributed by atoms with Crippen LogP contribution < -0.4 is 5.32 Å². The Kier molecular flexibility index (Phi) is 5.19. The molecule has 0 bridgehead atoms. The minimum atomic E-state index is -0.0589. The molecule has 0 unspecified atom stereocenters. The van der Waals surface area contributed by atoms with E-state index in [1.54, 1.807) is 0 Å². The molecule has 1 aliphatic carbocycles. The summed E-state index contributed by atoms with van der Waals surface area (Å²) in [6.07, 6.45) is 3.49. The molecule has 142 valence electrons. The van der Waals surface area contributed by atoms with Crippen LogP contribution >= 0.6 is 22.9 Å². The van der Waals surface area contributed by atoms with Gasteiger partial charge in [0.1, 0.15) is 0 Å². The van der Waals surface area contributed by atoms with Gasteiger partial charge in [-0.25, -0.2) is 4.98 Å². The molecule has 1 saturated carbocycles. The molecule has 0 atom stereocenters. The Morgan fingerprint density at radius 1 is 1.11 bits per heavy atom. The van der Waals surface area contributed by atoms with E-state index in [2.05, 4.69) is 10.3 Å². The first-order valence-electron chi connectivity index (χ1n) is 9.34. The summed E-state index contributed by atoms with van der Waals surface area (Å²) in [5, 5.41) is 4.28. The highest BCUT2D eigenvalue weighted by Gasteiger charge is 2.36. The molecule has 2 heterocycles. The van der Waals surface area contributed by atoms with Crippen LogP contribution in [0.3, 0.4) is 0 Å². The highest BCUT2D eigenvalue weighted by Crippen LogP contribution is 2.34. The third kappa shape index (κ3) is 4.17. The molecule has 27 heavy (non-hydrogen) atoms. The van der Waals surface area contributed by atoms with Crippen molar-refractivity contribution >= 4 is 39.9 Å². The summed E-state index contributed by atoms with van der Waals surface area (Å²) >= 11 is 7.43. The van der Waals surface area contributed by atoms with Gasteiger partial charge in [0, 0.05) is 40.4 Å². The van der Waals surface area contributed by atoms with E-state index in [-0.39, 0.29) is 23.7 Å². The number of likely N-dealkylation sites (tertiary alicyclic amines) is 1. The molecule has 7 heteroatoms. The SMILES string of the molecule is Cc1sc(NC(=O)C2CCN(C(=O)C3CC3)CC2)nc1-c1ccc(Cl)cc1. The zero-order valence-corrected chi connectivity index (χ0v) is 16.8. The smallest absolute Gasteiger partial charge is 0.229 e. The van der Waals surface area contributed by atoms with Crippen LogP contribution in [0.25, 0.3) is 11.3 Å². The Balaban J connectivity index is 1.36. The zero-order chi connectivity index (χ0) is 19.0. The standard InChI is InChI=1S/C20H22ClN3O2S/c1-12-17(13-4-6-16(21)7-5-13)22-20(27-12)23-18(25)14-8-10-24(11-9-14)19(26)15-2-3-15/h4-7,14-15H,2-3,8-11H2,1H3,(H,22,23,25). The monoisotopic (exact) mass is 403 g/mol. The molecule has 1 aliphatic heterocycles. The highest BCUT2D eigenvalue weighted by atomic mass is 35.5. The molecule has 0 spiro atoms. The lowest BCUT2D eigenvalue weighted by Gasteiger charge is -2.31. The van der Waals surface area contributed by atoms with Crippen molar-refractivity contribution in [1.82, 2.24) is 9.88 Å². The van der Waals surface area contributed by atoms with Crippen LogP contribution in [0, 0.1) is 18.8 Å². The second-order valence-corrected chi connectivity index (χ2v) is 8.93. The molecular weight excluding hydrogens is 382 g/mol. The second kappa shape index (κ2) is 7.60. The molecule has 0 radical (unpaired) electrons. The molecule has 2 aliphatic rings. The van der Waals surface area contributed by atoms with Crippen molar-refractivity contribution in [2.75, 3.05) is 18.4 Å². The van der Waals surface area contributed by atoms with E-state index in [0.717, 1.165) is 41.8 Å². The maximum Gasteiger partial charge on any atom is 0.229 e. The first-order valence-corrected chi connectivity index (χ1v) is 10.5. The lowest BCUT2D eigenvalue weighted by Crippen LogP contribution is -2.42. The minimum Gasteiger partial charge on any atom is -0.342 e. The summed E-state index contributed by atoms with van der Waals surface area (Å²) in [6, 6.07) is 7.54. The van der Waals surface area contributed by atoms with Gasteiger partial charge in [0.05, 0.1) is 5.69 Å². The Hall–Kier alpha value is -1.92. The number of piperidine rings is 1. The summed E-state index contributed by atoms with van der Waals surface area (Å²) < 4.78 is 0. The van der Waals surface area contributed by atoms with E-state index in [1.165, 1.54) is 11.3 Å². The van der Waals surface area contributed by atoms with Crippen LogP contribution in [0.5, 0.6) is 0 Å². The highest BCUT2D eigenvalue weighted by molar-refractivity contribution is 7.16. The Bertz CT molecular complexity index is 853. The predicted octanol–water partition coefficient (Wildman–Crippen LogP) is 4.36. The van der Waals surface area contributed by atoms with Crippen molar-refractivity contribution in [3.63, 3.8) is 0 Å². The molecular formula is C20H22ClN3O2S. The molecule has 1 saturated heterocycles. The van der Waals surface area contributed by atoms with Crippen molar-refractivity contribution in [3.05, 3.63) is 34.2 Å². The van der Waals surface area contributed by atoms with Gasteiger partial charge in [-0.2, -0.15) is 0 Å². The van der Waals surface area contributed by atoms with Crippen LogP contribution in [-0.4, -0.2) is 34.8 Å². The number of halogens is 1. The van der Waals surface area contributed by atoms with Crippen molar-refractivity contribution in [2.24, 2.45) is 11.8 Å². The van der Waals surface area contributed by atoms with E-state index >= 15 is 0 Å². The van der Waals surface area contributed by atoms with Crippen molar-refractivity contribution < 1.29 is 9.59 Å². The number of rotatable bonds is 4. The fraction of sp³-hybridized carbons (Fsp3) is 0.450. The molecule has 1 N–H and O–H groups in total. The molecule has 2 aromatic rings. The molecule has 1 aromatic carbocycles. The summed E-state index contributed by atoms with van der Waals surface area (Å²) in [7, 11) is 0. The van der Waals surface area contributed by atoms with Gasteiger partial charge in [-0.05, 0) is 44.7 Å². The van der Waals surface area contributed by atoms with Gasteiger partial charge in [-0.1, -0.05) is 23.7 Å². The fourth-order valence-electron chi connectivity index (χ4n) is 3.48. The number of hydrogen-bond acceptors (Lipinski definition) is 4. The molecule has 4 rings (SSSR count). The van der Waals surface area contributed by atoms with Crippen molar-refractivity contribution in [3.8, 4) is 11.3 Å². The number of thiazole rings is 1. The van der Waals surface area contributed by atoms with Crippen LogP contribution in [0.4, 0.5) is 5.13 Å². The normalized spacial score (nSPS) is 17.8. The van der Waals surface area contributed by atoms with E-state index < -0.39 is 0 Å². The average molecular weight is 404 g/mol. The van der Waals surface area contributed by atoms with Gasteiger partial charge in [0.2, 0.25) is 11.8 Å². The van der Waals surface area contributed by atoms with Gasteiger partial charge in [0.25, 0.3) is 0 Å². The Morgan fingerprint density at radius 2 is 1.78 bits per heavy atom. The van der Waals surface area contributed by atoms with Gasteiger partial charge < -0.3 is 10.2 Å². The van der Waals surface area contributed by atoms with Crippen LogP contribution in [0.1, 0.15) is 30.6 Å². The second-order valence-electron chi connectivity index (χ2n) is 7.29. The Morgan fingerprint density at radius 3 is 2.41 bits per heavy atom. The third-order valence-electron chi connectivity index (χ3n) is 5.25. The van der Waals surface area contributed by atoms with Gasteiger partial charge >= 0.3 is 0 Å². The quantitative estimate of drug-likeness (QED) is 0.824. The van der Waals surface area contributed by atoms with Gasteiger partial charge in [-0.15, -0.1) is 11.3 Å². The Labute approximate surface area is 167 Å². The van der Waals surface area contributed by atoms with Crippen molar-refractivity contribution in [1.29, 1.82) is 0 Å². The summed E-state index contributed by atoms with van der Waals surface area (Å²) in [4.78, 5) is 32.3. The lowest BCUT2D eigenvalue weighted by atomic mass is 9.95. The van der Waals surface area contributed by atoms with E-state index in [1.807, 2.05) is 36.1 Å². The number of nitrogens with one attached hydrogen (secondary N) is 1. The number of anilines is 1. The molecule has 2 amide bonds. The van der Waals surface area contributed by atoms with Crippen molar-refractivity contribution in [2.45, 2.75) is 32.6 Å². The minimum absolute atomic E-state index is 0.00456. The first kappa shape index (κ1) is 18.4. The topological polar surface area (TPSA) is 62.3 Å². The largest absolute Gasteiger partial charge is 0.342 e. The first-order chi connectivity index (χ1) is 13.0. The predicted molar refractivity (Wildman–Crippen MR) is 108 cm³/mol. The van der Waals surface area contributed by atoms with Crippen LogP contribution in [-0.2, 0) is 9.59 Å². The molecule has 1 aromatic heterocycles. The van der Waals surface area contributed by atoms with Gasteiger partial charge in [0.15, 0.2) is 5.13 Å². The summed E-state index contributed by atoms with van der Waals surface area (Å²) in [6.45, 7) is 3.36. The van der Waals surface area contributed by atoms with Gasteiger partial charge in [-0.3, -0.25) is 9.59 Å². The number of carbonyl (C=O) groups is 2. The maximum absolute atomic E-state index is 12.6. The molecule has 2 fully saturated rings. The number of hydrogen-bond donors (Lipinski definition) is 1. The lowest BCUT2D eigenvalue weighted by molar-refractivity contribution is -0.135. The number of nitrogens with zero attached hydrogens (tertiary/aromatic N) is 2. The third-order valence-corrected chi connectivity index (χ3v) is 6.39. The number of carbonyl (C=O) groups excluding carboxylic acids is 2. The van der Waals surface area contributed by atoms with E-state index in [9.17, 15) is 9.59 Å². The zero-order valence-electron chi connectivity index (χ0n) is 15.2. The summed E-state index contributed by atoms with van der Waals surface area (Å²) in [5.74, 6) is 0.471. The van der Waals surface area contributed by atoms with Crippen LogP contribution in [0.2, 0.25) is 5.02 Å². The number of amides is 2. The number of aromatic nitrogens is 1. The number of benzene rings is 1. The van der Waals surface area contributed by atoms with E-state index in [4.69, 9.17) is 11.6 Å². The van der Waals surface area contributed by atoms with E-state index in [0.29, 0.717) is 23.2 Å². The van der Waals surface area contributed by atoms with Crippen LogP contribution in [0.15, 0.2) is 24.3 Å². The molecule has 5 nitrogen and oxygen atoms in total. The summed E-state index contributed by atoms with van der Waals surface area (Å²) in [5.41, 5.74) is 1.86. The maximum atomic E-state index is 12.6. The number of aryl methyl sites for hydroxylation is 1.